The van der Waals surface area contributed by atoms with Crippen LogP contribution in [0.4, 0.5) is 11.6 Å². The first kappa shape index (κ1) is 24.3. The normalized spacial score (nSPS) is 21.8. The third-order valence-corrected chi connectivity index (χ3v) is 7.77. The average Bonchev–Trinajstić information content (AvgIpc) is 3.23. The number of anilines is 2. The van der Waals surface area contributed by atoms with Crippen LogP contribution in [0.1, 0.15) is 55.1 Å². The topological polar surface area (TPSA) is 97.2 Å². The van der Waals surface area contributed by atoms with Gasteiger partial charge in [-0.15, -0.1) is 11.3 Å². The molecule has 0 bridgehead atoms. The first-order valence-corrected chi connectivity index (χ1v) is 12.3. The second kappa shape index (κ2) is 9.07. The molecule has 180 valence electrons. The van der Waals surface area contributed by atoms with Crippen molar-refractivity contribution in [3.63, 3.8) is 0 Å². The summed E-state index contributed by atoms with van der Waals surface area (Å²) in [4.78, 5) is 26.8. The van der Waals surface area contributed by atoms with Crippen molar-refractivity contribution < 1.29 is 14.6 Å². The summed E-state index contributed by atoms with van der Waals surface area (Å²) in [6.45, 7) is 9.97. The second-order valence-electron chi connectivity index (χ2n) is 10.0. The number of rotatable bonds is 5. The number of nitrogens with one attached hydrogen (secondary N) is 1. The lowest BCUT2D eigenvalue weighted by atomic mass is 9.63. The lowest BCUT2D eigenvalue weighted by Crippen LogP contribution is -2.45. The minimum Gasteiger partial charge on any atom is -0.469 e. The Hall–Kier alpha value is -2.84. The number of hydrogen-bond acceptors (Lipinski definition) is 8. The van der Waals surface area contributed by atoms with Crippen molar-refractivity contribution in [3.8, 4) is 10.4 Å². The molecule has 1 fully saturated rings. The fraction of sp³-hybridized carbons (Fsp3) is 0.462. The van der Waals surface area contributed by atoms with Crippen molar-refractivity contribution >= 4 is 28.9 Å². The highest BCUT2D eigenvalue weighted by Gasteiger charge is 2.49. The molecule has 0 unspecified atom stereocenters. The largest absolute Gasteiger partial charge is 0.469 e. The molecule has 2 N–H and O–H groups in total. The van der Waals surface area contributed by atoms with Crippen LogP contribution in [-0.4, -0.2) is 33.1 Å². The molecule has 1 aliphatic rings. The Bertz CT molecular complexity index is 1200. The van der Waals surface area contributed by atoms with E-state index in [4.69, 9.17) is 4.74 Å². The Morgan fingerprint density at radius 1 is 1.15 bits per heavy atom. The molecule has 0 aliphatic heterocycles. The van der Waals surface area contributed by atoms with E-state index in [1.165, 1.54) is 18.4 Å². The molecule has 0 radical (unpaired) electrons. The molecule has 3 aromatic rings. The van der Waals surface area contributed by atoms with E-state index in [9.17, 15) is 9.90 Å². The van der Waals surface area contributed by atoms with Crippen molar-refractivity contribution in [2.24, 2.45) is 11.3 Å². The van der Waals surface area contributed by atoms with Gasteiger partial charge in [-0.05, 0) is 74.8 Å². The van der Waals surface area contributed by atoms with Crippen molar-refractivity contribution in [2.75, 3.05) is 12.4 Å². The predicted molar refractivity (Wildman–Crippen MR) is 134 cm³/mol. The summed E-state index contributed by atoms with van der Waals surface area (Å²) in [6, 6.07) is 8.15. The van der Waals surface area contributed by atoms with E-state index >= 15 is 0 Å². The lowest BCUT2D eigenvalue weighted by molar-refractivity contribution is -0.157. The summed E-state index contributed by atoms with van der Waals surface area (Å²) < 4.78 is 4.99. The molecule has 1 aromatic carbocycles. The average molecular weight is 481 g/mol. The van der Waals surface area contributed by atoms with Crippen LogP contribution in [0, 0.1) is 32.1 Å². The smallest absolute Gasteiger partial charge is 0.309 e. The van der Waals surface area contributed by atoms with Crippen LogP contribution in [0.15, 0.2) is 30.5 Å². The molecule has 2 aromatic heterocycles. The van der Waals surface area contributed by atoms with Crippen molar-refractivity contribution in [3.05, 3.63) is 52.4 Å². The number of esters is 1. The maximum Gasteiger partial charge on any atom is 0.309 e. The Morgan fingerprint density at radius 3 is 2.50 bits per heavy atom. The molecule has 8 heteroatoms. The Balaban J connectivity index is 1.59. The van der Waals surface area contributed by atoms with E-state index in [2.05, 4.69) is 32.4 Å². The maximum atomic E-state index is 12.2. The van der Waals surface area contributed by atoms with Crippen molar-refractivity contribution in [2.45, 2.75) is 59.5 Å². The summed E-state index contributed by atoms with van der Waals surface area (Å²) in [5.41, 5.74) is 3.38. The maximum absolute atomic E-state index is 12.2. The van der Waals surface area contributed by atoms with Crippen molar-refractivity contribution in [1.29, 1.82) is 0 Å². The van der Waals surface area contributed by atoms with E-state index in [1.807, 2.05) is 52.9 Å². The number of aliphatic hydroxyl groups is 1. The molecule has 2 heterocycles. The number of carbonyl (C=O) groups is 1. The summed E-state index contributed by atoms with van der Waals surface area (Å²) in [7, 11) is 1.42. The second-order valence-corrected chi connectivity index (χ2v) is 11.1. The molecule has 0 spiro atoms. The summed E-state index contributed by atoms with van der Waals surface area (Å²) >= 11 is 1.50. The SMILES string of the molecule is COC(=O)[C@@H]1CC[C@@](O)(c2ncc(-c3cc(C)cc(Nc4nc(C)cc(C)n4)c3)s2)CC1(C)C. The molecule has 4 rings (SSSR count). The molecular formula is C26H32N4O3S. The number of thiazole rings is 1. The van der Waals surface area contributed by atoms with Gasteiger partial charge in [0.2, 0.25) is 5.95 Å². The molecule has 1 aliphatic carbocycles. The zero-order valence-electron chi connectivity index (χ0n) is 20.6. The molecule has 0 amide bonds. The highest BCUT2D eigenvalue weighted by molar-refractivity contribution is 7.15. The van der Waals surface area contributed by atoms with Crippen LogP contribution in [0.25, 0.3) is 10.4 Å². The quantitative estimate of drug-likeness (QED) is 0.468. The van der Waals surface area contributed by atoms with Gasteiger partial charge in [0.05, 0.1) is 17.9 Å². The number of carbonyl (C=O) groups excluding carboxylic acids is 1. The van der Waals surface area contributed by atoms with Gasteiger partial charge in [-0.1, -0.05) is 19.9 Å². The van der Waals surface area contributed by atoms with Crippen LogP contribution in [0.3, 0.4) is 0 Å². The molecule has 0 saturated heterocycles. The molecule has 2 atom stereocenters. The van der Waals surface area contributed by atoms with Gasteiger partial charge < -0.3 is 15.2 Å². The fourth-order valence-corrected chi connectivity index (χ4v) is 6.05. The van der Waals surface area contributed by atoms with Gasteiger partial charge in [0, 0.05) is 23.3 Å². The van der Waals surface area contributed by atoms with E-state index in [0.29, 0.717) is 30.2 Å². The monoisotopic (exact) mass is 480 g/mol. The molecule has 7 nitrogen and oxygen atoms in total. The number of methoxy groups -OCH3 is 1. The Kier molecular flexibility index (Phi) is 6.48. The number of aromatic nitrogens is 3. The fourth-order valence-electron chi connectivity index (χ4n) is 5.03. The van der Waals surface area contributed by atoms with Gasteiger partial charge in [-0.3, -0.25) is 4.79 Å². The molecule has 34 heavy (non-hydrogen) atoms. The first-order chi connectivity index (χ1) is 16.0. The van der Waals surface area contributed by atoms with E-state index < -0.39 is 11.0 Å². The minimum absolute atomic E-state index is 0.209. The van der Waals surface area contributed by atoms with E-state index in [-0.39, 0.29) is 11.9 Å². The van der Waals surface area contributed by atoms with Crippen LogP contribution in [0.5, 0.6) is 0 Å². The number of ether oxygens (including phenoxy) is 1. The zero-order chi connectivity index (χ0) is 24.7. The zero-order valence-corrected chi connectivity index (χ0v) is 21.4. The Morgan fingerprint density at radius 2 is 1.85 bits per heavy atom. The van der Waals surface area contributed by atoms with Gasteiger partial charge in [0.1, 0.15) is 10.6 Å². The minimum atomic E-state index is -1.06. The first-order valence-electron chi connectivity index (χ1n) is 11.5. The van der Waals surface area contributed by atoms with Crippen LogP contribution in [0.2, 0.25) is 0 Å². The Labute approximate surface area is 204 Å². The third kappa shape index (κ3) is 4.98. The van der Waals surface area contributed by atoms with Crippen LogP contribution < -0.4 is 5.32 Å². The number of benzene rings is 1. The highest BCUT2D eigenvalue weighted by atomic mass is 32.1. The van der Waals surface area contributed by atoms with Crippen LogP contribution in [-0.2, 0) is 15.1 Å². The standard InChI is InChI=1S/C26H32N4O3S/c1-15-9-18(12-19(10-15)30-24-28-16(2)11-17(3)29-24)21-13-27-23(34-21)26(32)8-7-20(22(31)33-6)25(4,5)14-26/h9-13,20,32H,7-8,14H2,1-6H3,(H,28,29,30)/t20-,26-/m0/s1. The predicted octanol–water partition coefficient (Wildman–Crippen LogP) is 5.46. The summed E-state index contributed by atoms with van der Waals surface area (Å²) in [5, 5.41) is 15.5. The van der Waals surface area contributed by atoms with Gasteiger partial charge in [-0.25, -0.2) is 15.0 Å². The molecule has 1 saturated carbocycles. The van der Waals surface area contributed by atoms with E-state index in [1.54, 1.807) is 0 Å². The van der Waals surface area contributed by atoms with E-state index in [0.717, 1.165) is 33.1 Å². The van der Waals surface area contributed by atoms with Crippen LogP contribution >= 0.6 is 11.3 Å². The number of hydrogen-bond donors (Lipinski definition) is 2. The van der Waals surface area contributed by atoms with Crippen molar-refractivity contribution in [1.82, 2.24) is 15.0 Å². The summed E-state index contributed by atoms with van der Waals surface area (Å²) in [6.07, 6.45) is 3.33. The van der Waals surface area contributed by atoms with Gasteiger partial charge >= 0.3 is 5.97 Å². The summed E-state index contributed by atoms with van der Waals surface area (Å²) in [5.74, 6) is 0.132. The third-order valence-electron chi connectivity index (χ3n) is 6.53. The van der Waals surface area contributed by atoms with Gasteiger partial charge in [0.15, 0.2) is 0 Å². The lowest BCUT2D eigenvalue weighted by Gasteiger charge is -2.44. The highest BCUT2D eigenvalue weighted by Crippen LogP contribution is 2.51. The van der Waals surface area contributed by atoms with Gasteiger partial charge in [0.25, 0.3) is 0 Å². The number of aryl methyl sites for hydroxylation is 3. The number of nitrogens with zero attached hydrogens (tertiary/aromatic N) is 3. The molecular weight excluding hydrogens is 448 g/mol. The van der Waals surface area contributed by atoms with Gasteiger partial charge in [-0.2, -0.15) is 0 Å².